The Balaban J connectivity index is 1.68. The molecular weight excluding hydrogens is 373 g/mol. The van der Waals surface area contributed by atoms with Gasteiger partial charge in [0.2, 0.25) is 5.91 Å². The molecule has 0 unspecified atom stereocenters. The van der Waals surface area contributed by atoms with Crippen LogP contribution in [0.3, 0.4) is 0 Å². The van der Waals surface area contributed by atoms with Crippen LogP contribution in [0.5, 0.6) is 0 Å². The predicted octanol–water partition coefficient (Wildman–Crippen LogP) is 4.05. The summed E-state index contributed by atoms with van der Waals surface area (Å²) in [5.41, 5.74) is 2.32. The molecule has 3 rings (SSSR count). The number of benzene rings is 2. The number of fused-ring (bicyclic) bond motifs is 1. The smallest absolute Gasteiger partial charge is 0.238 e. The van der Waals surface area contributed by atoms with Crippen LogP contribution in [-0.4, -0.2) is 38.9 Å². The number of amides is 1. The third-order valence-electron chi connectivity index (χ3n) is 3.87. The molecule has 0 saturated heterocycles. The van der Waals surface area contributed by atoms with Crippen LogP contribution < -0.4 is 5.32 Å². The second kappa shape index (κ2) is 8.49. The molecule has 0 saturated carbocycles. The minimum absolute atomic E-state index is 0.146. The van der Waals surface area contributed by atoms with Gasteiger partial charge in [0.25, 0.3) is 0 Å². The number of hydrogen-bond acceptors (Lipinski definition) is 4. The third kappa shape index (κ3) is 4.52. The molecule has 0 fully saturated rings. The Morgan fingerprint density at radius 1 is 1.23 bits per heavy atom. The minimum Gasteiger partial charge on any atom is -0.324 e. The Hall–Kier alpha value is -2.15. The lowest BCUT2D eigenvalue weighted by Gasteiger charge is -2.21. The fraction of sp³-hybridized carbons (Fsp3) is 0.278. The SMILES string of the molecule is CCCN(CC(=O)Nc1ccc(Cl)cc1Cl)Cn1nnc2ccccc21. The number of nitrogens with one attached hydrogen (secondary N) is 1. The van der Waals surface area contributed by atoms with E-state index in [2.05, 4.69) is 22.6 Å². The molecule has 26 heavy (non-hydrogen) atoms. The summed E-state index contributed by atoms with van der Waals surface area (Å²) in [4.78, 5) is 14.5. The number of para-hydroxylation sites is 1. The van der Waals surface area contributed by atoms with Crippen LogP contribution in [0.25, 0.3) is 11.0 Å². The number of halogens is 2. The number of nitrogens with zero attached hydrogens (tertiary/aromatic N) is 4. The van der Waals surface area contributed by atoms with Crippen LogP contribution in [0, 0.1) is 0 Å². The fourth-order valence-corrected chi connectivity index (χ4v) is 3.17. The summed E-state index contributed by atoms with van der Waals surface area (Å²) in [7, 11) is 0. The van der Waals surface area contributed by atoms with Crippen LogP contribution in [0.15, 0.2) is 42.5 Å². The first kappa shape index (κ1) is 18.6. The summed E-state index contributed by atoms with van der Waals surface area (Å²) in [6.45, 7) is 3.54. The maximum Gasteiger partial charge on any atom is 0.238 e. The highest BCUT2D eigenvalue weighted by atomic mass is 35.5. The van der Waals surface area contributed by atoms with Crippen molar-refractivity contribution in [2.24, 2.45) is 0 Å². The zero-order chi connectivity index (χ0) is 18.5. The first-order chi connectivity index (χ1) is 12.6. The number of carbonyl (C=O) groups is 1. The van der Waals surface area contributed by atoms with Gasteiger partial charge in [0.1, 0.15) is 5.52 Å². The average molecular weight is 392 g/mol. The Morgan fingerprint density at radius 2 is 2.04 bits per heavy atom. The normalized spacial score (nSPS) is 11.2. The Kier molecular flexibility index (Phi) is 6.08. The molecule has 0 radical (unpaired) electrons. The highest BCUT2D eigenvalue weighted by Gasteiger charge is 2.14. The van der Waals surface area contributed by atoms with Crippen molar-refractivity contribution in [3.63, 3.8) is 0 Å². The molecule has 1 heterocycles. The average Bonchev–Trinajstić information content (AvgIpc) is 3.01. The number of aromatic nitrogens is 3. The van der Waals surface area contributed by atoms with Crippen molar-refractivity contribution in [3.8, 4) is 0 Å². The van der Waals surface area contributed by atoms with E-state index in [1.807, 2.05) is 29.2 Å². The molecule has 0 spiro atoms. The van der Waals surface area contributed by atoms with Gasteiger partial charge in [-0.2, -0.15) is 0 Å². The lowest BCUT2D eigenvalue weighted by molar-refractivity contribution is -0.117. The standard InChI is InChI=1S/C18H19Cl2N5O/c1-2-9-24(12-25-17-6-4-3-5-16(17)22-23-25)11-18(26)21-15-8-7-13(19)10-14(15)20/h3-8,10H,2,9,11-12H2,1H3,(H,21,26). The van der Waals surface area contributed by atoms with Gasteiger partial charge >= 0.3 is 0 Å². The summed E-state index contributed by atoms with van der Waals surface area (Å²) in [5.74, 6) is -0.146. The van der Waals surface area contributed by atoms with Crippen LogP contribution in [0.4, 0.5) is 5.69 Å². The van der Waals surface area contributed by atoms with Gasteiger partial charge in [-0.1, -0.05) is 47.5 Å². The van der Waals surface area contributed by atoms with Crippen molar-refractivity contribution in [2.45, 2.75) is 20.0 Å². The lowest BCUT2D eigenvalue weighted by Crippen LogP contribution is -2.35. The Labute approximate surface area is 161 Å². The molecule has 0 aliphatic heterocycles. The highest BCUT2D eigenvalue weighted by Crippen LogP contribution is 2.25. The van der Waals surface area contributed by atoms with Gasteiger partial charge in [0, 0.05) is 11.6 Å². The first-order valence-corrected chi connectivity index (χ1v) is 9.08. The fourth-order valence-electron chi connectivity index (χ4n) is 2.71. The quantitative estimate of drug-likeness (QED) is 0.659. The molecule has 8 heteroatoms. The highest BCUT2D eigenvalue weighted by molar-refractivity contribution is 6.36. The number of anilines is 1. The third-order valence-corrected chi connectivity index (χ3v) is 4.41. The molecule has 6 nitrogen and oxygen atoms in total. The van der Waals surface area contributed by atoms with Crippen molar-refractivity contribution in [2.75, 3.05) is 18.4 Å². The zero-order valence-corrected chi connectivity index (χ0v) is 15.8. The van der Waals surface area contributed by atoms with Gasteiger partial charge in [0.05, 0.1) is 29.4 Å². The van der Waals surface area contributed by atoms with E-state index in [0.29, 0.717) is 22.4 Å². The molecule has 0 aliphatic rings. The lowest BCUT2D eigenvalue weighted by atomic mass is 10.3. The number of hydrogen-bond donors (Lipinski definition) is 1. The van der Waals surface area contributed by atoms with E-state index in [9.17, 15) is 4.79 Å². The second-order valence-electron chi connectivity index (χ2n) is 5.94. The molecular formula is C18H19Cl2N5O. The van der Waals surface area contributed by atoms with Gasteiger partial charge in [-0.3, -0.25) is 9.69 Å². The molecule has 1 N–H and O–H groups in total. The van der Waals surface area contributed by atoms with Gasteiger partial charge < -0.3 is 5.32 Å². The summed E-state index contributed by atoms with van der Waals surface area (Å²) in [6, 6.07) is 12.7. The first-order valence-electron chi connectivity index (χ1n) is 8.32. The molecule has 3 aromatic rings. The van der Waals surface area contributed by atoms with Crippen molar-refractivity contribution < 1.29 is 4.79 Å². The van der Waals surface area contributed by atoms with Gasteiger partial charge in [-0.25, -0.2) is 4.68 Å². The molecule has 136 valence electrons. The summed E-state index contributed by atoms with van der Waals surface area (Å²) >= 11 is 12.0. The van der Waals surface area contributed by atoms with Crippen molar-refractivity contribution >= 4 is 45.8 Å². The van der Waals surface area contributed by atoms with E-state index in [0.717, 1.165) is 24.0 Å². The minimum atomic E-state index is -0.146. The largest absolute Gasteiger partial charge is 0.324 e. The molecule has 1 aromatic heterocycles. The molecule has 0 atom stereocenters. The molecule has 1 amide bonds. The van der Waals surface area contributed by atoms with E-state index in [-0.39, 0.29) is 12.5 Å². The van der Waals surface area contributed by atoms with Crippen molar-refractivity contribution in [1.29, 1.82) is 0 Å². The predicted molar refractivity (Wildman–Crippen MR) is 104 cm³/mol. The van der Waals surface area contributed by atoms with Gasteiger partial charge in [0.15, 0.2) is 0 Å². The molecule has 0 aliphatic carbocycles. The maximum absolute atomic E-state index is 12.4. The van der Waals surface area contributed by atoms with Crippen LogP contribution in [0.2, 0.25) is 10.0 Å². The van der Waals surface area contributed by atoms with Crippen LogP contribution in [-0.2, 0) is 11.5 Å². The van der Waals surface area contributed by atoms with E-state index in [4.69, 9.17) is 23.2 Å². The topological polar surface area (TPSA) is 63.1 Å². The maximum atomic E-state index is 12.4. The second-order valence-corrected chi connectivity index (χ2v) is 6.79. The van der Waals surface area contributed by atoms with Crippen LogP contribution >= 0.6 is 23.2 Å². The zero-order valence-electron chi connectivity index (χ0n) is 14.3. The number of rotatable bonds is 7. The molecule has 0 bridgehead atoms. The number of carbonyl (C=O) groups excluding carboxylic acids is 1. The van der Waals surface area contributed by atoms with E-state index in [1.54, 1.807) is 22.9 Å². The monoisotopic (exact) mass is 391 g/mol. The van der Waals surface area contributed by atoms with Gasteiger partial charge in [-0.15, -0.1) is 5.10 Å². The van der Waals surface area contributed by atoms with Crippen LogP contribution in [0.1, 0.15) is 13.3 Å². The Bertz CT molecular complexity index is 911. The van der Waals surface area contributed by atoms with E-state index < -0.39 is 0 Å². The van der Waals surface area contributed by atoms with Gasteiger partial charge in [-0.05, 0) is 36.8 Å². The molecule has 2 aromatic carbocycles. The van der Waals surface area contributed by atoms with Crippen molar-refractivity contribution in [3.05, 3.63) is 52.5 Å². The summed E-state index contributed by atoms with van der Waals surface area (Å²) < 4.78 is 1.80. The summed E-state index contributed by atoms with van der Waals surface area (Å²) in [5, 5.41) is 12.1. The van der Waals surface area contributed by atoms with Crippen molar-refractivity contribution in [1.82, 2.24) is 19.9 Å². The summed E-state index contributed by atoms with van der Waals surface area (Å²) in [6.07, 6.45) is 0.918. The Morgan fingerprint density at radius 3 is 2.81 bits per heavy atom. The van der Waals surface area contributed by atoms with E-state index >= 15 is 0 Å². The van der Waals surface area contributed by atoms with E-state index in [1.165, 1.54) is 0 Å².